The lowest BCUT2D eigenvalue weighted by molar-refractivity contribution is 0.0926. The average Bonchev–Trinajstić information content (AvgIpc) is 3.57. The predicted octanol–water partition coefficient (Wildman–Crippen LogP) is 4.44. The summed E-state index contributed by atoms with van der Waals surface area (Å²) in [5.74, 6) is 0.0587. The molecule has 0 unspecified atom stereocenters. The van der Waals surface area contributed by atoms with Gasteiger partial charge in [0.1, 0.15) is 17.3 Å². The molecule has 1 saturated heterocycles. The highest BCUT2D eigenvalue weighted by molar-refractivity contribution is 5.96. The molecule has 3 aromatic rings. The number of nitrogens with zero attached hydrogens (tertiary/aromatic N) is 2. The van der Waals surface area contributed by atoms with Gasteiger partial charge in [-0.25, -0.2) is 4.39 Å². The summed E-state index contributed by atoms with van der Waals surface area (Å²) in [5, 5.41) is 3.99. The number of carbonyl (C=O) groups excluding carboxylic acids is 1. The van der Waals surface area contributed by atoms with Gasteiger partial charge in [-0.1, -0.05) is 6.07 Å². The van der Waals surface area contributed by atoms with Crippen LogP contribution in [0.5, 0.6) is 11.5 Å². The number of hydrogen-bond donors (Lipinski definition) is 1. The molecule has 1 aliphatic carbocycles. The number of hydrogen-bond acceptors (Lipinski definition) is 5. The van der Waals surface area contributed by atoms with Gasteiger partial charge in [0.05, 0.1) is 30.8 Å². The van der Waals surface area contributed by atoms with E-state index in [1.165, 1.54) is 44.8 Å². The maximum atomic E-state index is 14.2. The minimum absolute atomic E-state index is 0.0354. The van der Waals surface area contributed by atoms with Crippen molar-refractivity contribution in [1.82, 2.24) is 15.2 Å². The number of methoxy groups -OCH3 is 2. The predicted molar refractivity (Wildman–Crippen MR) is 126 cm³/mol. The lowest BCUT2D eigenvalue weighted by Gasteiger charge is -2.24. The van der Waals surface area contributed by atoms with E-state index in [0.717, 1.165) is 35.0 Å². The van der Waals surface area contributed by atoms with E-state index in [-0.39, 0.29) is 5.56 Å². The number of fused-ring (bicyclic) bond motifs is 1. The number of benzene rings is 2. The van der Waals surface area contributed by atoms with Gasteiger partial charge < -0.3 is 19.7 Å². The summed E-state index contributed by atoms with van der Waals surface area (Å²) in [4.78, 5) is 19.8. The second-order valence-electron chi connectivity index (χ2n) is 8.73. The van der Waals surface area contributed by atoms with Crippen LogP contribution in [0, 0.1) is 12.7 Å². The Kier molecular flexibility index (Phi) is 6.51. The quantitative estimate of drug-likeness (QED) is 0.621. The maximum absolute atomic E-state index is 14.2. The molecule has 2 aliphatic rings. The molecule has 0 radical (unpaired) electrons. The van der Waals surface area contributed by atoms with Gasteiger partial charge in [0.2, 0.25) is 0 Å². The van der Waals surface area contributed by atoms with Crippen molar-refractivity contribution < 1.29 is 18.7 Å². The highest BCUT2D eigenvalue weighted by atomic mass is 19.1. The van der Waals surface area contributed by atoms with Crippen LogP contribution in [0.2, 0.25) is 0 Å². The van der Waals surface area contributed by atoms with Crippen molar-refractivity contribution in [2.24, 2.45) is 0 Å². The lowest BCUT2D eigenvalue weighted by Crippen LogP contribution is -2.35. The van der Waals surface area contributed by atoms with Crippen LogP contribution >= 0.6 is 0 Å². The molecule has 0 spiro atoms. The first-order chi connectivity index (χ1) is 15.8. The van der Waals surface area contributed by atoms with Gasteiger partial charge in [-0.2, -0.15) is 0 Å². The number of nitrogens with one attached hydrogen (secondary N) is 1. The molecule has 1 N–H and O–H groups in total. The number of pyridine rings is 1. The highest BCUT2D eigenvalue weighted by Gasteiger charge is 2.47. The zero-order valence-corrected chi connectivity index (χ0v) is 19.6. The number of rotatable bonds is 5. The molecule has 1 saturated carbocycles. The van der Waals surface area contributed by atoms with Crippen molar-refractivity contribution in [2.75, 3.05) is 34.4 Å². The minimum atomic E-state index is -0.582. The molecule has 174 valence electrons. The summed E-state index contributed by atoms with van der Waals surface area (Å²) in [6.07, 6.45) is 2.94. The van der Waals surface area contributed by atoms with Gasteiger partial charge in [0.15, 0.2) is 0 Å². The van der Waals surface area contributed by atoms with Crippen LogP contribution in [0.25, 0.3) is 10.9 Å². The van der Waals surface area contributed by atoms with Gasteiger partial charge in [0, 0.05) is 17.1 Å². The smallest absolute Gasteiger partial charge is 0.255 e. The van der Waals surface area contributed by atoms with E-state index in [2.05, 4.69) is 22.2 Å². The average molecular weight is 452 g/mol. The Hall–Kier alpha value is -3.19. The number of likely N-dealkylation sites (tertiary alicyclic amines) is 1. The summed E-state index contributed by atoms with van der Waals surface area (Å²) in [5.41, 5.74) is 2.05. The van der Waals surface area contributed by atoms with Crippen LogP contribution in [0.1, 0.15) is 40.9 Å². The van der Waals surface area contributed by atoms with Crippen LogP contribution in [-0.4, -0.2) is 50.1 Å². The topological polar surface area (TPSA) is 63.7 Å². The van der Waals surface area contributed by atoms with Gasteiger partial charge in [0.25, 0.3) is 5.91 Å². The second-order valence-corrected chi connectivity index (χ2v) is 8.73. The van der Waals surface area contributed by atoms with Crippen molar-refractivity contribution in [2.45, 2.75) is 31.7 Å². The van der Waals surface area contributed by atoms with Crippen molar-refractivity contribution in [3.05, 3.63) is 65.1 Å². The van der Waals surface area contributed by atoms with Gasteiger partial charge in [-0.05, 0) is 82.2 Å². The number of ether oxygens (including phenoxy) is 2. The SMILES string of the molecule is CN1CCC1.COc1ccc(F)c(C(=O)NC2(c3cc(OC)cc4nc(C)ccc34)CC2)c1. The molecule has 0 atom stereocenters. The third-order valence-electron chi connectivity index (χ3n) is 6.27. The minimum Gasteiger partial charge on any atom is -0.497 e. The molecule has 6 nitrogen and oxygen atoms in total. The number of amides is 1. The molecule has 1 aliphatic heterocycles. The maximum Gasteiger partial charge on any atom is 0.255 e. The van der Waals surface area contributed by atoms with E-state index < -0.39 is 17.3 Å². The van der Waals surface area contributed by atoms with Crippen molar-refractivity contribution in [3.63, 3.8) is 0 Å². The standard InChI is InChI=1S/C22H21FN2O3.C4H9N/c1-13-4-6-16-18(11-15(28-3)12-20(16)24-13)22(8-9-22)25-21(26)17-10-14(27-2)5-7-19(17)23;1-5-3-2-4-5/h4-7,10-12H,8-9H2,1-3H3,(H,25,26);2-4H2,1H3. The molecule has 33 heavy (non-hydrogen) atoms. The fourth-order valence-corrected chi connectivity index (χ4v) is 3.98. The molecule has 1 aromatic heterocycles. The zero-order valence-electron chi connectivity index (χ0n) is 19.6. The summed E-state index contributed by atoms with van der Waals surface area (Å²) >= 11 is 0. The van der Waals surface area contributed by atoms with Gasteiger partial charge in [-0.15, -0.1) is 0 Å². The van der Waals surface area contributed by atoms with Crippen LogP contribution in [0.3, 0.4) is 0 Å². The van der Waals surface area contributed by atoms with Crippen LogP contribution in [0.15, 0.2) is 42.5 Å². The Balaban J connectivity index is 0.000000459. The summed E-state index contributed by atoms with van der Waals surface area (Å²) in [6, 6.07) is 11.9. The number of carbonyl (C=O) groups is 1. The van der Waals surface area contributed by atoms with E-state index in [0.29, 0.717) is 11.5 Å². The normalized spacial score (nSPS) is 16.3. The number of halogens is 1. The van der Waals surface area contributed by atoms with Crippen molar-refractivity contribution in [3.8, 4) is 11.5 Å². The fraction of sp³-hybridized carbons (Fsp3) is 0.385. The lowest BCUT2D eigenvalue weighted by atomic mass is 9.97. The monoisotopic (exact) mass is 451 g/mol. The molecule has 7 heteroatoms. The van der Waals surface area contributed by atoms with E-state index in [1.807, 2.05) is 31.2 Å². The molecule has 2 fully saturated rings. The molecular formula is C26H30FN3O3. The Bertz CT molecular complexity index is 1170. The molecule has 5 rings (SSSR count). The number of aryl methyl sites for hydroxylation is 1. The first-order valence-corrected chi connectivity index (χ1v) is 11.2. The zero-order chi connectivity index (χ0) is 23.6. The van der Waals surface area contributed by atoms with Gasteiger partial charge >= 0.3 is 0 Å². The van der Waals surface area contributed by atoms with E-state index >= 15 is 0 Å². The largest absolute Gasteiger partial charge is 0.497 e. The van der Waals surface area contributed by atoms with Gasteiger partial charge in [-0.3, -0.25) is 9.78 Å². The summed E-state index contributed by atoms with van der Waals surface area (Å²) < 4.78 is 24.8. The summed E-state index contributed by atoms with van der Waals surface area (Å²) in [7, 11) is 5.22. The van der Waals surface area contributed by atoms with E-state index in [9.17, 15) is 9.18 Å². The molecule has 2 heterocycles. The first kappa shape index (κ1) is 23.0. The van der Waals surface area contributed by atoms with Crippen molar-refractivity contribution >= 4 is 16.8 Å². The molecule has 0 bridgehead atoms. The Morgan fingerprint density at radius 2 is 1.76 bits per heavy atom. The Labute approximate surface area is 193 Å². The Morgan fingerprint density at radius 3 is 2.33 bits per heavy atom. The van der Waals surface area contributed by atoms with Crippen molar-refractivity contribution in [1.29, 1.82) is 0 Å². The fourth-order valence-electron chi connectivity index (χ4n) is 3.98. The van der Waals surface area contributed by atoms with E-state index in [1.54, 1.807) is 7.11 Å². The van der Waals surface area contributed by atoms with Crippen LogP contribution in [0.4, 0.5) is 4.39 Å². The third-order valence-corrected chi connectivity index (χ3v) is 6.27. The molecule has 2 aromatic carbocycles. The van der Waals surface area contributed by atoms with E-state index in [4.69, 9.17) is 9.47 Å². The van der Waals surface area contributed by atoms with Crippen LogP contribution < -0.4 is 14.8 Å². The highest BCUT2D eigenvalue weighted by Crippen LogP contribution is 2.49. The second kappa shape index (κ2) is 9.35. The Morgan fingerprint density at radius 1 is 1.06 bits per heavy atom. The first-order valence-electron chi connectivity index (χ1n) is 11.2. The van der Waals surface area contributed by atoms with Crippen LogP contribution in [-0.2, 0) is 5.54 Å². The number of aromatic nitrogens is 1. The summed E-state index contributed by atoms with van der Waals surface area (Å²) in [6.45, 7) is 4.57. The molecular weight excluding hydrogens is 421 g/mol. The molecule has 1 amide bonds. The third kappa shape index (κ3) is 4.93.